The molecule has 1 heterocycles. The van der Waals surface area contributed by atoms with Gasteiger partial charge in [0.15, 0.2) is 0 Å². The van der Waals surface area contributed by atoms with Crippen molar-refractivity contribution in [1.82, 2.24) is 4.90 Å². The SMILES string of the molecule is CCOc1cccc(C2/C(=C(\O)c3cc(C)ccc3C)C(=O)C(=O)N2C2CCCC2)c1. The second-order valence-corrected chi connectivity index (χ2v) is 8.47. The number of likely N-dealkylation sites (tertiary alicyclic amines) is 1. The van der Waals surface area contributed by atoms with Gasteiger partial charge in [-0.05, 0) is 62.9 Å². The fraction of sp³-hybridized carbons (Fsp3) is 0.385. The quantitative estimate of drug-likeness (QED) is 0.418. The number of nitrogens with zero attached hydrogens (tertiary/aromatic N) is 1. The van der Waals surface area contributed by atoms with E-state index in [1.54, 1.807) is 4.90 Å². The number of Topliss-reactive ketones (excluding diaryl/α,β-unsaturated/α-hetero) is 1. The minimum absolute atomic E-state index is 0.00102. The van der Waals surface area contributed by atoms with Gasteiger partial charge in [-0.25, -0.2) is 0 Å². The van der Waals surface area contributed by atoms with Gasteiger partial charge in [0, 0.05) is 11.6 Å². The summed E-state index contributed by atoms with van der Waals surface area (Å²) in [4.78, 5) is 28.1. The lowest BCUT2D eigenvalue weighted by molar-refractivity contribution is -0.141. The molecule has 1 atom stereocenters. The summed E-state index contributed by atoms with van der Waals surface area (Å²) in [5, 5.41) is 11.3. The molecule has 4 rings (SSSR count). The van der Waals surface area contributed by atoms with E-state index in [9.17, 15) is 14.7 Å². The lowest BCUT2D eigenvalue weighted by atomic mass is 9.92. The molecule has 2 aromatic carbocycles. The first-order valence-corrected chi connectivity index (χ1v) is 11.0. The third kappa shape index (κ3) is 3.85. The zero-order valence-corrected chi connectivity index (χ0v) is 18.4. The Morgan fingerprint density at radius 2 is 1.84 bits per heavy atom. The first-order valence-electron chi connectivity index (χ1n) is 11.0. The minimum Gasteiger partial charge on any atom is -0.507 e. The fourth-order valence-electron chi connectivity index (χ4n) is 4.81. The van der Waals surface area contributed by atoms with Crippen LogP contribution >= 0.6 is 0 Å². The number of hydrogen-bond donors (Lipinski definition) is 1. The number of ketones is 1. The van der Waals surface area contributed by atoms with Gasteiger partial charge in [-0.15, -0.1) is 0 Å². The molecule has 2 aliphatic rings. The highest BCUT2D eigenvalue weighted by molar-refractivity contribution is 6.46. The standard InChI is InChI=1S/C26H29NO4/c1-4-31-20-11-7-8-18(15-20)23-22(24(28)21-14-16(2)12-13-17(21)3)25(29)26(30)27(23)19-9-5-6-10-19/h7-8,11-15,19,23,28H,4-6,9-10H2,1-3H3/b24-22+. The monoisotopic (exact) mass is 419 g/mol. The lowest BCUT2D eigenvalue weighted by Gasteiger charge is -2.31. The van der Waals surface area contributed by atoms with Crippen LogP contribution in [0.1, 0.15) is 60.9 Å². The number of aryl methyl sites for hydroxylation is 2. The minimum atomic E-state index is -0.622. The van der Waals surface area contributed by atoms with Gasteiger partial charge < -0.3 is 14.7 Å². The highest BCUT2D eigenvalue weighted by Gasteiger charge is 2.49. The van der Waals surface area contributed by atoms with Crippen LogP contribution in [0.4, 0.5) is 0 Å². The molecular weight excluding hydrogens is 390 g/mol. The van der Waals surface area contributed by atoms with E-state index < -0.39 is 17.7 Å². The first kappa shape index (κ1) is 21.2. The zero-order chi connectivity index (χ0) is 22.1. The van der Waals surface area contributed by atoms with Crippen molar-refractivity contribution < 1.29 is 19.4 Å². The van der Waals surface area contributed by atoms with Gasteiger partial charge in [0.2, 0.25) is 0 Å². The average Bonchev–Trinajstić information content (AvgIpc) is 3.37. The van der Waals surface area contributed by atoms with E-state index in [1.807, 2.05) is 63.2 Å². The molecule has 31 heavy (non-hydrogen) atoms. The van der Waals surface area contributed by atoms with E-state index in [1.165, 1.54) is 0 Å². The molecule has 1 saturated heterocycles. The van der Waals surface area contributed by atoms with Crippen LogP contribution in [0.5, 0.6) is 5.75 Å². The molecule has 0 bridgehead atoms. The van der Waals surface area contributed by atoms with Crippen LogP contribution < -0.4 is 4.74 Å². The van der Waals surface area contributed by atoms with Crippen molar-refractivity contribution in [3.63, 3.8) is 0 Å². The van der Waals surface area contributed by atoms with Gasteiger partial charge in [-0.2, -0.15) is 0 Å². The van der Waals surface area contributed by atoms with Crippen molar-refractivity contribution in [2.24, 2.45) is 0 Å². The van der Waals surface area contributed by atoms with Crippen molar-refractivity contribution in [2.45, 2.75) is 58.5 Å². The van der Waals surface area contributed by atoms with E-state index in [0.717, 1.165) is 42.4 Å². The summed E-state index contributed by atoms with van der Waals surface area (Å²) in [5.74, 6) is -0.557. The van der Waals surface area contributed by atoms with Crippen LogP contribution in [-0.4, -0.2) is 34.3 Å². The van der Waals surface area contributed by atoms with Crippen LogP contribution in [-0.2, 0) is 9.59 Å². The number of carbonyl (C=O) groups is 2. The maximum atomic E-state index is 13.2. The summed E-state index contributed by atoms with van der Waals surface area (Å²) in [6.07, 6.45) is 3.82. The average molecular weight is 420 g/mol. The molecule has 2 aromatic rings. The highest BCUT2D eigenvalue weighted by atomic mass is 16.5. The molecule has 1 aliphatic carbocycles. The number of carbonyl (C=O) groups excluding carboxylic acids is 2. The van der Waals surface area contributed by atoms with Crippen LogP contribution in [0.15, 0.2) is 48.0 Å². The van der Waals surface area contributed by atoms with Gasteiger partial charge in [0.05, 0.1) is 18.2 Å². The molecule has 5 nitrogen and oxygen atoms in total. The van der Waals surface area contributed by atoms with Crippen molar-refractivity contribution in [1.29, 1.82) is 0 Å². The van der Waals surface area contributed by atoms with E-state index in [2.05, 4.69) is 0 Å². The Morgan fingerprint density at radius 1 is 1.10 bits per heavy atom. The number of amides is 1. The predicted octanol–water partition coefficient (Wildman–Crippen LogP) is 5.07. The molecule has 0 aromatic heterocycles. The summed E-state index contributed by atoms with van der Waals surface area (Å²) in [7, 11) is 0. The van der Waals surface area contributed by atoms with Crippen molar-refractivity contribution in [3.8, 4) is 5.75 Å². The van der Waals surface area contributed by atoms with Crippen LogP contribution in [0.25, 0.3) is 5.76 Å². The smallest absolute Gasteiger partial charge is 0.295 e. The maximum Gasteiger partial charge on any atom is 0.295 e. The third-order valence-electron chi connectivity index (χ3n) is 6.33. The topological polar surface area (TPSA) is 66.8 Å². The van der Waals surface area contributed by atoms with Crippen LogP contribution in [0.3, 0.4) is 0 Å². The Hall–Kier alpha value is -3.08. The Labute approximate surface area is 183 Å². The summed E-state index contributed by atoms with van der Waals surface area (Å²) in [6.45, 7) is 6.27. The number of rotatable bonds is 5. The van der Waals surface area contributed by atoms with Gasteiger partial charge >= 0.3 is 0 Å². The van der Waals surface area contributed by atoms with Crippen molar-refractivity contribution >= 4 is 17.4 Å². The van der Waals surface area contributed by atoms with E-state index >= 15 is 0 Å². The second-order valence-electron chi connectivity index (χ2n) is 8.47. The molecule has 0 spiro atoms. The molecule has 0 radical (unpaired) electrons. The molecule has 162 valence electrons. The van der Waals surface area contributed by atoms with Crippen LogP contribution in [0.2, 0.25) is 0 Å². The molecular formula is C26H29NO4. The normalized spacial score (nSPS) is 21.1. The van der Waals surface area contributed by atoms with Crippen molar-refractivity contribution in [2.75, 3.05) is 6.61 Å². The number of benzene rings is 2. The van der Waals surface area contributed by atoms with E-state index in [4.69, 9.17) is 4.74 Å². The summed E-state index contributed by atoms with van der Waals surface area (Å²) in [5.41, 5.74) is 3.38. The molecule has 5 heteroatoms. The third-order valence-corrected chi connectivity index (χ3v) is 6.33. The first-order chi connectivity index (χ1) is 14.9. The molecule has 1 unspecified atom stereocenters. The van der Waals surface area contributed by atoms with E-state index in [0.29, 0.717) is 17.9 Å². The largest absolute Gasteiger partial charge is 0.507 e. The number of ether oxygens (including phenoxy) is 1. The number of hydrogen-bond acceptors (Lipinski definition) is 4. The predicted molar refractivity (Wildman–Crippen MR) is 120 cm³/mol. The Balaban J connectivity index is 1.91. The highest BCUT2D eigenvalue weighted by Crippen LogP contribution is 2.44. The molecule has 1 amide bonds. The summed E-state index contributed by atoms with van der Waals surface area (Å²) >= 11 is 0. The van der Waals surface area contributed by atoms with Crippen LogP contribution in [0, 0.1) is 13.8 Å². The fourth-order valence-corrected chi connectivity index (χ4v) is 4.81. The Bertz CT molecular complexity index is 1050. The molecule has 2 fully saturated rings. The maximum absolute atomic E-state index is 13.2. The summed E-state index contributed by atoms with van der Waals surface area (Å²) < 4.78 is 5.67. The summed E-state index contributed by atoms with van der Waals surface area (Å²) in [6, 6.07) is 12.6. The number of aliphatic hydroxyl groups excluding tert-OH is 1. The second kappa shape index (κ2) is 8.58. The molecule has 1 saturated carbocycles. The van der Waals surface area contributed by atoms with Gasteiger partial charge in [0.25, 0.3) is 11.7 Å². The van der Waals surface area contributed by atoms with Gasteiger partial charge in [0.1, 0.15) is 11.5 Å². The lowest BCUT2D eigenvalue weighted by Crippen LogP contribution is -2.37. The Kier molecular flexibility index (Phi) is 5.86. The van der Waals surface area contributed by atoms with Gasteiger partial charge in [-0.3, -0.25) is 9.59 Å². The van der Waals surface area contributed by atoms with E-state index in [-0.39, 0.29) is 17.4 Å². The molecule has 1 aliphatic heterocycles. The molecule has 1 N–H and O–H groups in total. The van der Waals surface area contributed by atoms with Gasteiger partial charge in [-0.1, -0.05) is 42.7 Å². The number of aliphatic hydroxyl groups is 1. The van der Waals surface area contributed by atoms with Crippen molar-refractivity contribution in [3.05, 3.63) is 70.3 Å². The zero-order valence-electron chi connectivity index (χ0n) is 18.4. The Morgan fingerprint density at radius 3 is 2.55 bits per heavy atom.